The van der Waals surface area contributed by atoms with Crippen LogP contribution >= 0.6 is 11.6 Å². The molecule has 1 saturated carbocycles. The molecule has 0 radical (unpaired) electrons. The van der Waals surface area contributed by atoms with Crippen molar-refractivity contribution < 1.29 is 14.7 Å². The summed E-state index contributed by atoms with van der Waals surface area (Å²) in [5.41, 5.74) is 0.898. The molecule has 0 bridgehead atoms. The molecule has 0 aromatic heterocycles. The Balaban J connectivity index is 1.99. The van der Waals surface area contributed by atoms with Crippen molar-refractivity contribution in [2.45, 2.75) is 38.1 Å². The van der Waals surface area contributed by atoms with E-state index in [4.69, 9.17) is 16.7 Å². The average molecular weight is 297 g/mol. The van der Waals surface area contributed by atoms with Gasteiger partial charge >= 0.3 is 12.0 Å². The van der Waals surface area contributed by atoms with Crippen molar-refractivity contribution >= 4 is 29.3 Å². The molecule has 2 amide bonds. The fourth-order valence-electron chi connectivity index (χ4n) is 2.35. The van der Waals surface area contributed by atoms with Gasteiger partial charge in [0.05, 0.1) is 22.7 Å². The van der Waals surface area contributed by atoms with Gasteiger partial charge in [-0.15, -0.1) is 0 Å². The summed E-state index contributed by atoms with van der Waals surface area (Å²) in [6.45, 7) is 1.91. The van der Waals surface area contributed by atoms with Gasteiger partial charge in [0.1, 0.15) is 0 Å². The monoisotopic (exact) mass is 296 g/mol. The van der Waals surface area contributed by atoms with E-state index < -0.39 is 17.5 Å². The van der Waals surface area contributed by atoms with Gasteiger partial charge in [0.25, 0.3) is 0 Å². The number of benzene rings is 1. The highest BCUT2D eigenvalue weighted by Crippen LogP contribution is 2.35. The van der Waals surface area contributed by atoms with Crippen molar-refractivity contribution in [1.29, 1.82) is 0 Å². The van der Waals surface area contributed by atoms with Gasteiger partial charge in [-0.2, -0.15) is 0 Å². The van der Waals surface area contributed by atoms with Crippen LogP contribution in [0.4, 0.5) is 10.5 Å². The van der Waals surface area contributed by atoms with E-state index in [1.165, 1.54) is 0 Å². The van der Waals surface area contributed by atoms with Crippen LogP contribution in [0.5, 0.6) is 0 Å². The fourth-order valence-corrected chi connectivity index (χ4v) is 2.64. The first-order chi connectivity index (χ1) is 9.40. The minimum absolute atomic E-state index is 0.0535. The summed E-state index contributed by atoms with van der Waals surface area (Å²) in [6.07, 6.45) is 2.25. The topological polar surface area (TPSA) is 78.4 Å². The maximum absolute atomic E-state index is 12.0. The van der Waals surface area contributed by atoms with E-state index in [-0.39, 0.29) is 6.42 Å². The molecule has 6 heteroatoms. The number of nitrogens with one attached hydrogen (secondary N) is 2. The SMILES string of the molecule is Cc1ccc(NC(=O)NC2(CC(=O)O)CCC2)c(Cl)c1. The number of carbonyl (C=O) groups is 2. The molecule has 0 unspecified atom stereocenters. The van der Waals surface area contributed by atoms with Gasteiger partial charge in [-0.25, -0.2) is 4.79 Å². The van der Waals surface area contributed by atoms with Crippen LogP contribution in [0.15, 0.2) is 18.2 Å². The highest BCUT2D eigenvalue weighted by atomic mass is 35.5. The number of urea groups is 1. The third kappa shape index (κ3) is 3.42. The van der Waals surface area contributed by atoms with Crippen LogP contribution in [0.1, 0.15) is 31.2 Å². The average Bonchev–Trinajstić information content (AvgIpc) is 2.29. The Kier molecular flexibility index (Phi) is 4.18. The highest BCUT2D eigenvalue weighted by molar-refractivity contribution is 6.33. The van der Waals surface area contributed by atoms with Crippen molar-refractivity contribution in [1.82, 2.24) is 5.32 Å². The number of carbonyl (C=O) groups excluding carboxylic acids is 1. The van der Waals surface area contributed by atoms with Gasteiger partial charge in [-0.05, 0) is 43.9 Å². The predicted molar refractivity (Wildman–Crippen MR) is 77.2 cm³/mol. The van der Waals surface area contributed by atoms with E-state index in [1.54, 1.807) is 12.1 Å². The molecular formula is C14H17ClN2O3. The molecular weight excluding hydrogens is 280 g/mol. The Hall–Kier alpha value is -1.75. The van der Waals surface area contributed by atoms with Gasteiger partial charge < -0.3 is 15.7 Å². The van der Waals surface area contributed by atoms with Crippen molar-refractivity contribution in [3.63, 3.8) is 0 Å². The molecule has 0 heterocycles. The molecule has 1 fully saturated rings. The molecule has 1 aromatic carbocycles. The lowest BCUT2D eigenvalue weighted by Crippen LogP contribution is -2.55. The van der Waals surface area contributed by atoms with Crippen molar-refractivity contribution in [3.05, 3.63) is 28.8 Å². The zero-order chi connectivity index (χ0) is 14.8. The Labute approximate surface area is 122 Å². The van der Waals surface area contributed by atoms with Crippen LogP contribution in [0.2, 0.25) is 5.02 Å². The Bertz CT molecular complexity index is 541. The standard InChI is InChI=1S/C14H17ClN2O3/c1-9-3-4-11(10(15)7-9)16-13(20)17-14(5-2-6-14)8-12(18)19/h3-4,7H,2,5-6,8H2,1H3,(H,18,19)(H2,16,17,20). The first-order valence-electron chi connectivity index (χ1n) is 6.47. The first-order valence-corrected chi connectivity index (χ1v) is 6.85. The number of hydrogen-bond acceptors (Lipinski definition) is 2. The van der Waals surface area contributed by atoms with Gasteiger partial charge in [-0.1, -0.05) is 17.7 Å². The van der Waals surface area contributed by atoms with Crippen LogP contribution in [0, 0.1) is 6.92 Å². The minimum atomic E-state index is -0.904. The summed E-state index contributed by atoms with van der Waals surface area (Å²) >= 11 is 6.04. The maximum Gasteiger partial charge on any atom is 0.319 e. The number of anilines is 1. The second kappa shape index (κ2) is 5.71. The number of carboxylic acid groups (broad SMARTS) is 1. The summed E-state index contributed by atoms with van der Waals surface area (Å²) in [6, 6.07) is 4.91. The van der Waals surface area contributed by atoms with Crippen LogP contribution in [0.25, 0.3) is 0 Å². The Morgan fingerprint density at radius 2 is 2.10 bits per heavy atom. The zero-order valence-corrected chi connectivity index (χ0v) is 12.0. The Morgan fingerprint density at radius 3 is 2.60 bits per heavy atom. The first kappa shape index (κ1) is 14.7. The van der Waals surface area contributed by atoms with Crippen LogP contribution < -0.4 is 10.6 Å². The van der Waals surface area contributed by atoms with Crippen molar-refractivity contribution in [2.75, 3.05) is 5.32 Å². The zero-order valence-electron chi connectivity index (χ0n) is 11.2. The number of aliphatic carboxylic acids is 1. The number of rotatable bonds is 4. The number of hydrogen-bond donors (Lipinski definition) is 3. The van der Waals surface area contributed by atoms with Crippen LogP contribution in [0.3, 0.4) is 0 Å². The lowest BCUT2D eigenvalue weighted by atomic mass is 9.74. The number of halogens is 1. The molecule has 1 aliphatic rings. The summed E-state index contributed by atoms with van der Waals surface area (Å²) < 4.78 is 0. The van der Waals surface area contributed by atoms with Crippen molar-refractivity contribution in [3.8, 4) is 0 Å². The lowest BCUT2D eigenvalue weighted by molar-refractivity contribution is -0.139. The van der Waals surface area contributed by atoms with Crippen LogP contribution in [-0.4, -0.2) is 22.6 Å². The third-order valence-corrected chi connectivity index (χ3v) is 3.86. The summed E-state index contributed by atoms with van der Waals surface area (Å²) in [7, 11) is 0. The van der Waals surface area contributed by atoms with Crippen LogP contribution in [-0.2, 0) is 4.79 Å². The largest absolute Gasteiger partial charge is 0.481 e. The molecule has 0 aliphatic heterocycles. The summed E-state index contributed by atoms with van der Waals surface area (Å²) in [4.78, 5) is 22.8. The summed E-state index contributed by atoms with van der Waals surface area (Å²) in [5.74, 6) is -0.904. The molecule has 20 heavy (non-hydrogen) atoms. The summed E-state index contributed by atoms with van der Waals surface area (Å²) in [5, 5.41) is 14.8. The molecule has 5 nitrogen and oxygen atoms in total. The van der Waals surface area contributed by atoms with Gasteiger partial charge in [0.2, 0.25) is 0 Å². The second-order valence-corrected chi connectivity index (χ2v) is 5.67. The number of aryl methyl sites for hydroxylation is 1. The van der Waals surface area contributed by atoms with Crippen molar-refractivity contribution in [2.24, 2.45) is 0 Å². The van der Waals surface area contributed by atoms with E-state index in [2.05, 4.69) is 10.6 Å². The molecule has 1 aromatic rings. The molecule has 1 aliphatic carbocycles. The molecule has 2 rings (SSSR count). The van der Waals surface area contributed by atoms with E-state index in [1.807, 2.05) is 13.0 Å². The lowest BCUT2D eigenvalue weighted by Gasteiger charge is -2.41. The molecule has 0 spiro atoms. The van der Waals surface area contributed by atoms with E-state index in [9.17, 15) is 9.59 Å². The molecule has 0 atom stereocenters. The number of amides is 2. The third-order valence-electron chi connectivity index (χ3n) is 3.55. The fraction of sp³-hybridized carbons (Fsp3) is 0.429. The second-order valence-electron chi connectivity index (χ2n) is 5.27. The predicted octanol–water partition coefficient (Wildman–Crippen LogP) is 3.17. The van der Waals surface area contributed by atoms with E-state index >= 15 is 0 Å². The molecule has 0 saturated heterocycles. The molecule has 108 valence electrons. The van der Waals surface area contributed by atoms with Gasteiger partial charge in [-0.3, -0.25) is 4.79 Å². The van der Waals surface area contributed by atoms with E-state index in [0.29, 0.717) is 23.6 Å². The normalized spacial score (nSPS) is 16.1. The van der Waals surface area contributed by atoms with Gasteiger partial charge in [0.15, 0.2) is 0 Å². The Morgan fingerprint density at radius 1 is 1.40 bits per heavy atom. The number of carboxylic acids is 1. The smallest absolute Gasteiger partial charge is 0.319 e. The van der Waals surface area contributed by atoms with Gasteiger partial charge in [0, 0.05) is 0 Å². The highest BCUT2D eigenvalue weighted by Gasteiger charge is 2.40. The minimum Gasteiger partial charge on any atom is -0.481 e. The molecule has 3 N–H and O–H groups in total. The maximum atomic E-state index is 12.0. The quantitative estimate of drug-likeness (QED) is 0.798. The van der Waals surface area contributed by atoms with E-state index in [0.717, 1.165) is 12.0 Å².